The zero-order chi connectivity index (χ0) is 12.4. The molecule has 0 radical (unpaired) electrons. The highest BCUT2D eigenvalue weighted by Gasteiger charge is 2.37. The maximum Gasteiger partial charge on any atom is 0.126 e. The largest absolute Gasteiger partial charge is 0.379 e. The normalized spacial score (nSPS) is 19.1. The fraction of sp³-hybridized carbons (Fsp3) is 0.500. The average molecular weight is 242 g/mol. The fourth-order valence-electron chi connectivity index (χ4n) is 2.16. The Bertz CT molecular complexity index is 376. The number of hydrazine groups is 1. The van der Waals surface area contributed by atoms with Gasteiger partial charge in [0.15, 0.2) is 0 Å². The van der Waals surface area contributed by atoms with Crippen LogP contribution < -0.4 is 11.3 Å². The lowest BCUT2D eigenvalue weighted by Gasteiger charge is -2.25. The SMILES string of the molecule is COC(C1CC1)C(NN)c1cc(F)cc(F)c1. The van der Waals surface area contributed by atoms with Crippen molar-refractivity contribution in [1.29, 1.82) is 0 Å². The molecule has 3 nitrogen and oxygen atoms in total. The van der Waals surface area contributed by atoms with Crippen LogP contribution in [0.25, 0.3) is 0 Å². The first-order chi connectivity index (χ1) is 8.15. The number of nitrogens with two attached hydrogens (primary N) is 1. The lowest BCUT2D eigenvalue weighted by Crippen LogP contribution is -2.38. The first-order valence-corrected chi connectivity index (χ1v) is 5.60. The van der Waals surface area contributed by atoms with Gasteiger partial charge in [-0.3, -0.25) is 11.3 Å². The van der Waals surface area contributed by atoms with Crippen LogP contribution in [0, 0.1) is 17.6 Å². The third-order valence-corrected chi connectivity index (χ3v) is 3.11. The van der Waals surface area contributed by atoms with Crippen LogP contribution in [0.2, 0.25) is 0 Å². The molecule has 3 N–H and O–H groups in total. The van der Waals surface area contributed by atoms with Crippen molar-refractivity contribution >= 4 is 0 Å². The van der Waals surface area contributed by atoms with Gasteiger partial charge in [-0.25, -0.2) is 8.78 Å². The van der Waals surface area contributed by atoms with Crippen molar-refractivity contribution in [2.75, 3.05) is 7.11 Å². The second-order valence-corrected chi connectivity index (χ2v) is 4.38. The summed E-state index contributed by atoms with van der Waals surface area (Å²) < 4.78 is 31.7. The molecule has 1 fully saturated rings. The van der Waals surface area contributed by atoms with Crippen LogP contribution >= 0.6 is 0 Å². The molecule has 0 heterocycles. The van der Waals surface area contributed by atoms with E-state index >= 15 is 0 Å². The molecule has 0 aromatic heterocycles. The Balaban J connectivity index is 2.26. The van der Waals surface area contributed by atoms with Gasteiger partial charge in [-0.15, -0.1) is 0 Å². The van der Waals surface area contributed by atoms with Crippen molar-refractivity contribution in [3.63, 3.8) is 0 Å². The minimum absolute atomic E-state index is 0.152. The van der Waals surface area contributed by atoms with Crippen molar-refractivity contribution in [3.05, 3.63) is 35.4 Å². The third kappa shape index (κ3) is 2.80. The summed E-state index contributed by atoms with van der Waals surface area (Å²) in [5.41, 5.74) is 3.06. The Kier molecular flexibility index (Phi) is 3.71. The van der Waals surface area contributed by atoms with Gasteiger partial charge >= 0.3 is 0 Å². The molecule has 1 aliphatic rings. The maximum absolute atomic E-state index is 13.2. The van der Waals surface area contributed by atoms with Crippen molar-refractivity contribution < 1.29 is 13.5 Å². The van der Waals surface area contributed by atoms with Crippen molar-refractivity contribution in [1.82, 2.24) is 5.43 Å². The van der Waals surface area contributed by atoms with E-state index in [4.69, 9.17) is 10.6 Å². The molecule has 2 atom stereocenters. The van der Waals surface area contributed by atoms with E-state index in [9.17, 15) is 8.78 Å². The summed E-state index contributed by atoms with van der Waals surface area (Å²) in [6, 6.07) is 3.01. The van der Waals surface area contributed by atoms with Gasteiger partial charge in [0.25, 0.3) is 0 Å². The zero-order valence-electron chi connectivity index (χ0n) is 9.62. The van der Waals surface area contributed by atoms with Gasteiger partial charge in [-0.05, 0) is 36.5 Å². The highest BCUT2D eigenvalue weighted by atomic mass is 19.1. The Morgan fingerprint density at radius 2 is 1.88 bits per heavy atom. The van der Waals surface area contributed by atoms with Gasteiger partial charge in [0.1, 0.15) is 11.6 Å². The molecule has 2 rings (SSSR count). The van der Waals surface area contributed by atoms with Gasteiger partial charge in [-0.2, -0.15) is 0 Å². The van der Waals surface area contributed by atoms with Crippen LogP contribution in [0.5, 0.6) is 0 Å². The minimum Gasteiger partial charge on any atom is -0.379 e. The topological polar surface area (TPSA) is 47.3 Å². The van der Waals surface area contributed by atoms with E-state index in [1.165, 1.54) is 12.1 Å². The van der Waals surface area contributed by atoms with Crippen LogP contribution in [0.15, 0.2) is 18.2 Å². The van der Waals surface area contributed by atoms with Crippen molar-refractivity contribution in [2.24, 2.45) is 11.8 Å². The van der Waals surface area contributed by atoms with E-state index in [2.05, 4.69) is 5.43 Å². The second kappa shape index (κ2) is 5.08. The van der Waals surface area contributed by atoms with Gasteiger partial charge in [-0.1, -0.05) is 0 Å². The first kappa shape index (κ1) is 12.4. The number of ether oxygens (including phenoxy) is 1. The molecular formula is C12H16F2N2O. The maximum atomic E-state index is 13.2. The van der Waals surface area contributed by atoms with E-state index in [-0.39, 0.29) is 6.10 Å². The van der Waals surface area contributed by atoms with Gasteiger partial charge < -0.3 is 4.74 Å². The number of halogens is 2. The summed E-state index contributed by atoms with van der Waals surface area (Å²) in [6.07, 6.45) is 1.98. The highest BCUT2D eigenvalue weighted by Crippen LogP contribution is 2.39. The fourth-order valence-corrected chi connectivity index (χ4v) is 2.16. The first-order valence-electron chi connectivity index (χ1n) is 5.60. The molecule has 5 heteroatoms. The Labute approximate surface area is 98.9 Å². The predicted octanol–water partition coefficient (Wildman–Crippen LogP) is 1.89. The molecule has 1 aromatic rings. The van der Waals surface area contributed by atoms with Crippen LogP contribution in [0.1, 0.15) is 24.4 Å². The van der Waals surface area contributed by atoms with Crippen LogP contribution in [0.3, 0.4) is 0 Å². The van der Waals surface area contributed by atoms with Crippen LogP contribution in [0.4, 0.5) is 8.78 Å². The third-order valence-electron chi connectivity index (χ3n) is 3.11. The van der Waals surface area contributed by atoms with Crippen molar-refractivity contribution in [3.8, 4) is 0 Å². The van der Waals surface area contributed by atoms with E-state index in [1.807, 2.05) is 0 Å². The standard InChI is InChI=1S/C12H16F2N2O/c1-17-12(7-2-3-7)11(16-15)8-4-9(13)6-10(14)5-8/h4-7,11-12,16H,2-3,15H2,1H3. The Morgan fingerprint density at radius 3 is 2.29 bits per heavy atom. The molecule has 17 heavy (non-hydrogen) atoms. The van der Waals surface area contributed by atoms with E-state index < -0.39 is 17.7 Å². The Morgan fingerprint density at radius 1 is 1.29 bits per heavy atom. The number of methoxy groups -OCH3 is 1. The van der Waals surface area contributed by atoms with E-state index in [0.717, 1.165) is 18.9 Å². The summed E-state index contributed by atoms with van der Waals surface area (Å²) in [5, 5.41) is 0. The van der Waals surface area contributed by atoms with Gasteiger partial charge in [0.2, 0.25) is 0 Å². The average Bonchev–Trinajstić information content (AvgIpc) is 3.08. The molecule has 1 saturated carbocycles. The Hall–Kier alpha value is -1.04. The molecule has 0 amide bonds. The highest BCUT2D eigenvalue weighted by molar-refractivity contribution is 5.23. The smallest absolute Gasteiger partial charge is 0.126 e. The van der Waals surface area contributed by atoms with E-state index in [1.54, 1.807) is 7.11 Å². The zero-order valence-corrected chi connectivity index (χ0v) is 9.62. The molecule has 0 bridgehead atoms. The molecule has 0 saturated heterocycles. The van der Waals surface area contributed by atoms with Crippen molar-refractivity contribution in [2.45, 2.75) is 25.0 Å². The van der Waals surface area contributed by atoms with Gasteiger partial charge in [0, 0.05) is 13.2 Å². The van der Waals surface area contributed by atoms with Crippen LogP contribution in [-0.4, -0.2) is 13.2 Å². The van der Waals surface area contributed by atoms with Gasteiger partial charge in [0.05, 0.1) is 12.1 Å². The molecule has 1 aromatic carbocycles. The predicted molar refractivity (Wildman–Crippen MR) is 59.9 cm³/mol. The monoisotopic (exact) mass is 242 g/mol. The number of rotatable bonds is 5. The number of benzene rings is 1. The molecule has 0 spiro atoms. The van der Waals surface area contributed by atoms with E-state index in [0.29, 0.717) is 11.5 Å². The number of nitrogens with one attached hydrogen (secondary N) is 1. The van der Waals surface area contributed by atoms with Crippen LogP contribution in [-0.2, 0) is 4.74 Å². The molecule has 2 unspecified atom stereocenters. The number of hydrogen-bond donors (Lipinski definition) is 2. The summed E-state index contributed by atoms with van der Waals surface area (Å²) in [4.78, 5) is 0. The molecule has 94 valence electrons. The minimum atomic E-state index is -0.606. The summed E-state index contributed by atoms with van der Waals surface area (Å²) in [5.74, 6) is 4.67. The molecule has 0 aliphatic heterocycles. The summed E-state index contributed by atoms with van der Waals surface area (Å²) in [7, 11) is 1.59. The lowest BCUT2D eigenvalue weighted by molar-refractivity contribution is 0.0505. The number of hydrogen-bond acceptors (Lipinski definition) is 3. The summed E-state index contributed by atoms with van der Waals surface area (Å²) in [6.45, 7) is 0. The molecular weight excluding hydrogens is 226 g/mol. The summed E-state index contributed by atoms with van der Waals surface area (Å²) >= 11 is 0. The lowest BCUT2D eigenvalue weighted by atomic mass is 9.98. The molecule has 1 aliphatic carbocycles. The second-order valence-electron chi connectivity index (χ2n) is 4.38. The quantitative estimate of drug-likeness (QED) is 0.612.